The molecular formula is C30H23FN2O2S. The molecule has 0 spiro atoms. The zero-order valence-corrected chi connectivity index (χ0v) is 20.2. The second-order valence-electron chi connectivity index (χ2n) is 8.35. The maximum atomic E-state index is 14.4. The molecule has 2 amide bonds. The summed E-state index contributed by atoms with van der Waals surface area (Å²) in [7, 11) is 0. The van der Waals surface area contributed by atoms with Crippen molar-refractivity contribution in [3.05, 3.63) is 136 Å². The van der Waals surface area contributed by atoms with Crippen LogP contribution in [0.15, 0.2) is 113 Å². The van der Waals surface area contributed by atoms with Crippen LogP contribution in [0.3, 0.4) is 0 Å². The Hall–Kier alpha value is -4.16. The third-order valence-corrected chi connectivity index (χ3v) is 6.96. The number of nitrogens with zero attached hydrogens (tertiary/aromatic N) is 1. The molecule has 4 aromatic carbocycles. The highest BCUT2D eigenvalue weighted by Gasteiger charge is 2.29. The first kappa shape index (κ1) is 23.6. The first-order valence-corrected chi connectivity index (χ1v) is 12.4. The van der Waals surface area contributed by atoms with Crippen LogP contribution in [-0.2, 0) is 17.9 Å². The fourth-order valence-electron chi connectivity index (χ4n) is 3.98. The zero-order chi connectivity index (χ0) is 24.9. The largest absolute Gasteiger partial charge is 0.348 e. The normalized spacial score (nSPS) is 14.0. The van der Waals surface area contributed by atoms with Crippen LogP contribution < -0.4 is 10.2 Å². The summed E-state index contributed by atoms with van der Waals surface area (Å²) in [6, 6.07) is 31.0. The van der Waals surface area contributed by atoms with Gasteiger partial charge in [-0.3, -0.25) is 9.59 Å². The lowest BCUT2D eigenvalue weighted by atomic mass is 10.1. The predicted octanol–water partition coefficient (Wildman–Crippen LogP) is 6.44. The molecule has 6 heteroatoms. The van der Waals surface area contributed by atoms with Crippen molar-refractivity contribution >= 4 is 35.3 Å². The molecule has 36 heavy (non-hydrogen) atoms. The maximum Gasteiger partial charge on any atom is 0.265 e. The molecule has 0 bridgehead atoms. The molecule has 4 nitrogen and oxygen atoms in total. The minimum atomic E-state index is -0.340. The molecular weight excluding hydrogens is 471 g/mol. The number of halogens is 1. The average Bonchev–Trinajstić information content (AvgIpc) is 2.91. The second kappa shape index (κ2) is 10.6. The van der Waals surface area contributed by atoms with E-state index in [2.05, 4.69) is 5.32 Å². The van der Waals surface area contributed by atoms with E-state index in [1.165, 1.54) is 17.8 Å². The lowest BCUT2D eigenvalue weighted by Gasteiger charge is -2.30. The number of anilines is 1. The summed E-state index contributed by atoms with van der Waals surface area (Å²) in [6.45, 7) is 0.592. The van der Waals surface area contributed by atoms with Crippen molar-refractivity contribution in [2.24, 2.45) is 0 Å². The number of para-hydroxylation sites is 1. The van der Waals surface area contributed by atoms with Gasteiger partial charge in [0.25, 0.3) is 11.8 Å². The molecule has 0 aromatic heterocycles. The van der Waals surface area contributed by atoms with E-state index in [0.29, 0.717) is 22.6 Å². The van der Waals surface area contributed by atoms with Crippen molar-refractivity contribution in [1.29, 1.82) is 0 Å². The summed E-state index contributed by atoms with van der Waals surface area (Å²) in [5.41, 5.74) is 3.59. The fourth-order valence-corrected chi connectivity index (χ4v) is 5.04. The molecule has 0 radical (unpaired) electrons. The lowest BCUT2D eigenvalue weighted by Crippen LogP contribution is -2.34. The Labute approximate surface area is 213 Å². The SMILES string of the molecule is O=C(NCc1ccccc1)c1ccc(C=C2Sc3ccccc3N(Cc3ccccc3F)C2=O)cc1. The van der Waals surface area contributed by atoms with E-state index < -0.39 is 0 Å². The molecule has 0 aliphatic carbocycles. The van der Waals surface area contributed by atoms with Gasteiger partial charge in [-0.15, -0.1) is 0 Å². The Morgan fingerprint density at radius 1 is 0.861 bits per heavy atom. The lowest BCUT2D eigenvalue weighted by molar-refractivity contribution is -0.114. The number of fused-ring (bicyclic) bond motifs is 1. The molecule has 0 fully saturated rings. The number of thioether (sulfide) groups is 1. The fraction of sp³-hybridized carbons (Fsp3) is 0.0667. The Morgan fingerprint density at radius 3 is 2.33 bits per heavy atom. The number of amides is 2. The van der Waals surface area contributed by atoms with Gasteiger partial charge in [0, 0.05) is 22.6 Å². The number of carbonyl (C=O) groups is 2. The zero-order valence-electron chi connectivity index (χ0n) is 19.4. The molecule has 1 aliphatic heterocycles. The minimum Gasteiger partial charge on any atom is -0.348 e. The number of hydrogen-bond acceptors (Lipinski definition) is 3. The molecule has 4 aromatic rings. The van der Waals surface area contributed by atoms with E-state index in [9.17, 15) is 14.0 Å². The molecule has 178 valence electrons. The van der Waals surface area contributed by atoms with Crippen molar-refractivity contribution in [2.75, 3.05) is 4.90 Å². The van der Waals surface area contributed by atoms with E-state index in [-0.39, 0.29) is 24.2 Å². The van der Waals surface area contributed by atoms with Gasteiger partial charge in [-0.25, -0.2) is 4.39 Å². The van der Waals surface area contributed by atoms with Gasteiger partial charge in [-0.05, 0) is 47.5 Å². The summed E-state index contributed by atoms with van der Waals surface area (Å²) >= 11 is 1.39. The first-order valence-electron chi connectivity index (χ1n) is 11.5. The van der Waals surface area contributed by atoms with Crippen molar-refractivity contribution in [3.8, 4) is 0 Å². The van der Waals surface area contributed by atoms with Crippen LogP contribution in [0, 0.1) is 5.82 Å². The summed E-state index contributed by atoms with van der Waals surface area (Å²) in [4.78, 5) is 29.1. The van der Waals surface area contributed by atoms with Crippen molar-refractivity contribution in [2.45, 2.75) is 18.0 Å². The van der Waals surface area contributed by atoms with Crippen LogP contribution in [0.2, 0.25) is 0 Å². The maximum absolute atomic E-state index is 14.4. The third kappa shape index (κ3) is 5.24. The Kier molecular flexibility index (Phi) is 6.96. The van der Waals surface area contributed by atoms with Gasteiger partial charge in [-0.2, -0.15) is 0 Å². The van der Waals surface area contributed by atoms with Crippen LogP contribution in [-0.4, -0.2) is 11.8 Å². The van der Waals surface area contributed by atoms with Gasteiger partial charge < -0.3 is 10.2 Å². The highest BCUT2D eigenvalue weighted by Crippen LogP contribution is 2.42. The molecule has 1 heterocycles. The van der Waals surface area contributed by atoms with Crippen LogP contribution in [0.4, 0.5) is 10.1 Å². The Morgan fingerprint density at radius 2 is 1.56 bits per heavy atom. The second-order valence-corrected chi connectivity index (χ2v) is 9.44. The number of carbonyl (C=O) groups excluding carboxylic acids is 2. The predicted molar refractivity (Wildman–Crippen MR) is 142 cm³/mol. The Balaban J connectivity index is 1.35. The van der Waals surface area contributed by atoms with Crippen molar-refractivity contribution < 1.29 is 14.0 Å². The summed E-state index contributed by atoms with van der Waals surface area (Å²) < 4.78 is 14.4. The van der Waals surface area contributed by atoms with Crippen molar-refractivity contribution in [1.82, 2.24) is 5.32 Å². The van der Waals surface area contributed by atoms with Crippen LogP contribution in [0.1, 0.15) is 27.0 Å². The average molecular weight is 495 g/mol. The van der Waals surface area contributed by atoms with Crippen LogP contribution in [0.25, 0.3) is 6.08 Å². The van der Waals surface area contributed by atoms with Crippen LogP contribution >= 0.6 is 11.8 Å². The molecule has 5 rings (SSSR count). The van der Waals surface area contributed by atoms with Crippen molar-refractivity contribution in [3.63, 3.8) is 0 Å². The Bertz CT molecular complexity index is 1440. The molecule has 1 aliphatic rings. The number of hydrogen-bond donors (Lipinski definition) is 1. The summed E-state index contributed by atoms with van der Waals surface area (Å²) in [6.07, 6.45) is 1.81. The topological polar surface area (TPSA) is 49.4 Å². The summed E-state index contributed by atoms with van der Waals surface area (Å²) in [5, 5.41) is 2.92. The van der Waals surface area contributed by atoms with Gasteiger partial charge in [0.15, 0.2) is 0 Å². The number of nitrogens with one attached hydrogen (secondary N) is 1. The molecule has 0 unspecified atom stereocenters. The van der Waals surface area contributed by atoms with E-state index >= 15 is 0 Å². The van der Waals surface area contributed by atoms with E-state index in [1.54, 1.807) is 35.2 Å². The summed E-state index contributed by atoms with van der Waals surface area (Å²) in [5.74, 6) is -0.689. The van der Waals surface area contributed by atoms with E-state index in [4.69, 9.17) is 0 Å². The number of benzene rings is 4. The monoisotopic (exact) mass is 494 g/mol. The highest BCUT2D eigenvalue weighted by molar-refractivity contribution is 8.04. The molecule has 0 atom stereocenters. The van der Waals surface area contributed by atoms with Gasteiger partial charge >= 0.3 is 0 Å². The molecule has 0 saturated carbocycles. The smallest absolute Gasteiger partial charge is 0.265 e. The van der Waals surface area contributed by atoms with Gasteiger partial charge in [0.05, 0.1) is 17.1 Å². The van der Waals surface area contributed by atoms with E-state index in [0.717, 1.165) is 21.7 Å². The van der Waals surface area contributed by atoms with Gasteiger partial charge in [0.2, 0.25) is 0 Å². The first-order chi connectivity index (χ1) is 17.6. The van der Waals surface area contributed by atoms with Crippen LogP contribution in [0.5, 0.6) is 0 Å². The highest BCUT2D eigenvalue weighted by atomic mass is 32.2. The van der Waals surface area contributed by atoms with E-state index in [1.807, 2.05) is 72.8 Å². The number of rotatable bonds is 6. The quantitative estimate of drug-likeness (QED) is 0.314. The molecule has 0 saturated heterocycles. The minimum absolute atomic E-state index is 0.140. The van der Waals surface area contributed by atoms with Gasteiger partial charge in [-0.1, -0.05) is 84.6 Å². The standard InChI is InChI=1S/C30H23FN2O2S/c31-25-11-5-4-10-24(25)20-33-26-12-6-7-13-27(26)36-28(30(33)35)18-21-14-16-23(17-15-21)29(34)32-19-22-8-2-1-3-9-22/h1-18H,19-20H2,(H,32,34). The molecule has 1 N–H and O–H groups in total. The van der Waals surface area contributed by atoms with Gasteiger partial charge in [0.1, 0.15) is 5.82 Å². The third-order valence-electron chi connectivity index (χ3n) is 5.88.